The van der Waals surface area contributed by atoms with Crippen molar-refractivity contribution >= 4 is 17.5 Å². The summed E-state index contributed by atoms with van der Waals surface area (Å²) < 4.78 is 5.50. The van der Waals surface area contributed by atoms with Crippen molar-refractivity contribution in [1.82, 2.24) is 5.32 Å². The number of amides is 1. The first kappa shape index (κ1) is 14.2. The molecule has 0 heterocycles. The second kappa shape index (κ2) is 6.29. The predicted molar refractivity (Wildman–Crippen MR) is 77.0 cm³/mol. The highest BCUT2D eigenvalue weighted by atomic mass is 35.5. The van der Waals surface area contributed by atoms with Gasteiger partial charge in [-0.15, -0.1) is 11.6 Å². The molecule has 1 aliphatic rings. The lowest BCUT2D eigenvalue weighted by molar-refractivity contribution is 0.0905. The van der Waals surface area contributed by atoms with Gasteiger partial charge in [-0.3, -0.25) is 4.79 Å². The summed E-state index contributed by atoms with van der Waals surface area (Å²) in [4.78, 5) is 12.4. The Balaban J connectivity index is 2.15. The minimum atomic E-state index is -0.238. The molecule has 3 nitrogen and oxygen atoms in total. The normalized spacial score (nSPS) is 17.2. The third kappa shape index (κ3) is 3.21. The number of rotatable bonds is 5. The smallest absolute Gasteiger partial charge is 0.255 e. The molecule has 0 bridgehead atoms. The molecule has 1 aliphatic carbocycles. The van der Waals surface area contributed by atoms with Crippen LogP contribution in [-0.2, 0) is 0 Å². The molecule has 104 valence electrons. The fourth-order valence-electron chi connectivity index (χ4n) is 2.59. The highest BCUT2D eigenvalue weighted by molar-refractivity contribution is 6.19. The van der Waals surface area contributed by atoms with Crippen LogP contribution in [0.25, 0.3) is 0 Å². The Morgan fingerprint density at radius 3 is 2.68 bits per heavy atom. The lowest BCUT2D eigenvalue weighted by Crippen LogP contribution is -2.48. The Kier molecular flexibility index (Phi) is 4.70. The van der Waals surface area contributed by atoms with Gasteiger partial charge in [0.2, 0.25) is 0 Å². The fourth-order valence-corrected chi connectivity index (χ4v) is 2.92. The van der Waals surface area contributed by atoms with Crippen LogP contribution in [0.1, 0.15) is 43.0 Å². The van der Waals surface area contributed by atoms with E-state index in [2.05, 4.69) is 5.32 Å². The highest BCUT2D eigenvalue weighted by Gasteiger charge is 2.35. The maximum atomic E-state index is 12.4. The van der Waals surface area contributed by atoms with Gasteiger partial charge in [-0.1, -0.05) is 25.0 Å². The van der Waals surface area contributed by atoms with E-state index in [9.17, 15) is 4.79 Å². The van der Waals surface area contributed by atoms with Crippen LogP contribution in [0.4, 0.5) is 0 Å². The Hall–Kier alpha value is -1.22. The van der Waals surface area contributed by atoms with Crippen molar-refractivity contribution in [3.05, 3.63) is 29.8 Å². The average Bonchev–Trinajstić information content (AvgIpc) is 2.89. The van der Waals surface area contributed by atoms with Gasteiger partial charge in [0.15, 0.2) is 0 Å². The summed E-state index contributed by atoms with van der Waals surface area (Å²) in [5.74, 6) is 1.01. The number of halogens is 1. The molecule has 0 aliphatic heterocycles. The van der Waals surface area contributed by atoms with Gasteiger partial charge in [-0.05, 0) is 31.9 Å². The fraction of sp³-hybridized carbons (Fsp3) is 0.533. The second-order valence-electron chi connectivity index (χ2n) is 5.00. The van der Waals surface area contributed by atoms with Gasteiger partial charge in [0.1, 0.15) is 5.75 Å². The number of para-hydroxylation sites is 1. The summed E-state index contributed by atoms with van der Waals surface area (Å²) in [6, 6.07) is 7.33. The molecule has 0 spiro atoms. The molecule has 1 aromatic carbocycles. The first-order chi connectivity index (χ1) is 9.21. The quantitative estimate of drug-likeness (QED) is 0.841. The zero-order chi connectivity index (χ0) is 13.7. The van der Waals surface area contributed by atoms with Crippen molar-refractivity contribution < 1.29 is 9.53 Å². The third-order valence-electron chi connectivity index (χ3n) is 3.63. The maximum absolute atomic E-state index is 12.4. The van der Waals surface area contributed by atoms with Crippen molar-refractivity contribution in [3.63, 3.8) is 0 Å². The van der Waals surface area contributed by atoms with E-state index >= 15 is 0 Å². The Bertz CT molecular complexity index is 442. The molecule has 1 aromatic rings. The predicted octanol–water partition coefficient (Wildman–Crippen LogP) is 3.37. The number of benzene rings is 1. The third-order valence-corrected chi connectivity index (χ3v) is 4.14. The monoisotopic (exact) mass is 281 g/mol. The molecule has 0 saturated heterocycles. The number of ether oxygens (including phenoxy) is 1. The zero-order valence-corrected chi connectivity index (χ0v) is 12.0. The van der Waals surface area contributed by atoms with Crippen molar-refractivity contribution in [3.8, 4) is 5.75 Å². The lowest BCUT2D eigenvalue weighted by Gasteiger charge is -2.28. The van der Waals surface area contributed by atoms with Crippen LogP contribution in [0, 0.1) is 0 Å². The lowest BCUT2D eigenvalue weighted by atomic mass is 9.99. The van der Waals surface area contributed by atoms with Gasteiger partial charge in [-0.2, -0.15) is 0 Å². The molecule has 0 aromatic heterocycles. The Labute approximate surface area is 119 Å². The van der Waals surface area contributed by atoms with E-state index in [-0.39, 0.29) is 11.4 Å². The highest BCUT2D eigenvalue weighted by Crippen LogP contribution is 2.31. The van der Waals surface area contributed by atoms with Gasteiger partial charge >= 0.3 is 0 Å². The molecule has 19 heavy (non-hydrogen) atoms. The molecule has 0 atom stereocenters. The summed E-state index contributed by atoms with van der Waals surface area (Å²) >= 11 is 6.05. The first-order valence-corrected chi connectivity index (χ1v) is 7.34. The maximum Gasteiger partial charge on any atom is 0.255 e. The zero-order valence-electron chi connectivity index (χ0n) is 11.2. The van der Waals surface area contributed by atoms with E-state index in [0.29, 0.717) is 23.8 Å². The molecule has 1 N–H and O–H groups in total. The minimum absolute atomic E-state index is 0.0911. The number of carbonyl (C=O) groups excluding carboxylic acids is 1. The van der Waals surface area contributed by atoms with E-state index in [0.717, 1.165) is 25.7 Å². The van der Waals surface area contributed by atoms with E-state index in [1.807, 2.05) is 25.1 Å². The number of hydrogen-bond acceptors (Lipinski definition) is 2. The topological polar surface area (TPSA) is 38.3 Å². The van der Waals surface area contributed by atoms with Crippen molar-refractivity contribution in [2.45, 2.75) is 38.1 Å². The standard InChI is InChI=1S/C15H20ClNO2/c1-2-19-13-8-4-3-7-12(13)14(18)17-15(11-16)9-5-6-10-15/h3-4,7-8H,2,5-6,9-11H2,1H3,(H,17,18). The van der Waals surface area contributed by atoms with Crippen LogP contribution in [-0.4, -0.2) is 23.9 Å². The van der Waals surface area contributed by atoms with E-state index in [1.54, 1.807) is 6.07 Å². The molecule has 0 unspecified atom stereocenters. The van der Waals surface area contributed by atoms with Gasteiger partial charge in [0.05, 0.1) is 17.7 Å². The van der Waals surface area contributed by atoms with Crippen LogP contribution in [0.15, 0.2) is 24.3 Å². The average molecular weight is 282 g/mol. The molecule has 4 heteroatoms. The van der Waals surface area contributed by atoms with Gasteiger partial charge in [-0.25, -0.2) is 0 Å². The van der Waals surface area contributed by atoms with Crippen molar-refractivity contribution in [2.75, 3.05) is 12.5 Å². The number of nitrogens with one attached hydrogen (secondary N) is 1. The molecule has 1 saturated carbocycles. The summed E-state index contributed by atoms with van der Waals surface area (Å²) in [5.41, 5.74) is 0.346. The van der Waals surface area contributed by atoms with Crippen LogP contribution in [0.2, 0.25) is 0 Å². The van der Waals surface area contributed by atoms with Crippen LogP contribution < -0.4 is 10.1 Å². The molecule has 0 radical (unpaired) electrons. The Morgan fingerprint density at radius 1 is 1.37 bits per heavy atom. The van der Waals surface area contributed by atoms with Gasteiger partial charge in [0.25, 0.3) is 5.91 Å². The molecule has 1 amide bonds. The summed E-state index contributed by atoms with van der Waals surface area (Å²) in [5, 5.41) is 3.11. The number of carbonyl (C=O) groups is 1. The summed E-state index contributed by atoms with van der Waals surface area (Å²) in [6.45, 7) is 2.46. The van der Waals surface area contributed by atoms with Crippen LogP contribution in [0.3, 0.4) is 0 Å². The van der Waals surface area contributed by atoms with Gasteiger partial charge in [0, 0.05) is 5.88 Å². The van der Waals surface area contributed by atoms with Crippen molar-refractivity contribution in [2.24, 2.45) is 0 Å². The minimum Gasteiger partial charge on any atom is -0.493 e. The van der Waals surface area contributed by atoms with E-state index in [4.69, 9.17) is 16.3 Å². The summed E-state index contributed by atoms with van der Waals surface area (Å²) in [6.07, 6.45) is 4.16. The molecule has 1 fully saturated rings. The number of alkyl halides is 1. The molecular formula is C15H20ClNO2. The van der Waals surface area contributed by atoms with Crippen LogP contribution in [0.5, 0.6) is 5.75 Å². The largest absolute Gasteiger partial charge is 0.493 e. The summed E-state index contributed by atoms with van der Waals surface area (Å²) in [7, 11) is 0. The molecular weight excluding hydrogens is 262 g/mol. The second-order valence-corrected chi connectivity index (χ2v) is 5.27. The SMILES string of the molecule is CCOc1ccccc1C(=O)NC1(CCl)CCCC1. The van der Waals surface area contributed by atoms with E-state index < -0.39 is 0 Å². The molecule has 2 rings (SSSR count). The van der Waals surface area contributed by atoms with Crippen molar-refractivity contribution in [1.29, 1.82) is 0 Å². The van der Waals surface area contributed by atoms with Gasteiger partial charge < -0.3 is 10.1 Å². The van der Waals surface area contributed by atoms with E-state index in [1.165, 1.54) is 0 Å². The number of hydrogen-bond donors (Lipinski definition) is 1. The van der Waals surface area contributed by atoms with Crippen LogP contribution >= 0.6 is 11.6 Å². The first-order valence-electron chi connectivity index (χ1n) is 6.81. The Morgan fingerprint density at radius 2 is 2.05 bits per heavy atom.